The van der Waals surface area contributed by atoms with Gasteiger partial charge >= 0.3 is 0 Å². The number of nitrogen functional groups attached to an aromatic ring is 1. The van der Waals surface area contributed by atoms with Crippen LogP contribution < -0.4 is 11.1 Å². The second-order valence-corrected chi connectivity index (χ2v) is 9.19. The summed E-state index contributed by atoms with van der Waals surface area (Å²) < 4.78 is 28.0. The number of nitrogens with two attached hydrogens (primary N) is 1. The van der Waals surface area contributed by atoms with E-state index in [4.69, 9.17) is 5.73 Å². The van der Waals surface area contributed by atoms with Gasteiger partial charge in [-0.1, -0.05) is 35.1 Å². The van der Waals surface area contributed by atoms with Crippen molar-refractivity contribution in [1.82, 2.24) is 9.88 Å². The number of hydrogen-bond acceptors (Lipinski definition) is 6. The van der Waals surface area contributed by atoms with Crippen molar-refractivity contribution in [3.05, 3.63) is 75.2 Å². The van der Waals surface area contributed by atoms with E-state index in [1.165, 1.54) is 6.07 Å². The predicted octanol–water partition coefficient (Wildman–Crippen LogP) is 4.57. The lowest BCUT2D eigenvalue weighted by molar-refractivity contribution is 0.0717. The van der Waals surface area contributed by atoms with E-state index in [1.807, 2.05) is 36.9 Å². The van der Waals surface area contributed by atoms with Crippen LogP contribution in [-0.2, 0) is 0 Å². The van der Waals surface area contributed by atoms with Gasteiger partial charge in [0.15, 0.2) is 5.13 Å². The second kappa shape index (κ2) is 9.27. The van der Waals surface area contributed by atoms with Crippen molar-refractivity contribution in [1.29, 1.82) is 0 Å². The molecule has 0 aliphatic carbocycles. The van der Waals surface area contributed by atoms with Crippen molar-refractivity contribution in [2.24, 2.45) is 0 Å². The molecular weight excluding hydrogens is 446 g/mol. The molecule has 1 amide bonds. The SMILES string of the molecule is Cc1ccc(C(=O)N2CCC(Nc3nc(N)c(C(=O)c4c(F)cccc4F)s3)CC2)c(C)c1. The maximum absolute atomic E-state index is 14.0. The number of nitrogens with zero attached hydrogens (tertiary/aromatic N) is 2. The van der Waals surface area contributed by atoms with Gasteiger partial charge in [-0.25, -0.2) is 13.8 Å². The van der Waals surface area contributed by atoms with Crippen LogP contribution in [0.1, 0.15) is 49.6 Å². The van der Waals surface area contributed by atoms with Gasteiger partial charge in [0.2, 0.25) is 5.78 Å². The van der Waals surface area contributed by atoms with Gasteiger partial charge < -0.3 is 16.0 Å². The van der Waals surface area contributed by atoms with E-state index in [0.29, 0.717) is 36.6 Å². The third-order valence-electron chi connectivity index (χ3n) is 5.77. The van der Waals surface area contributed by atoms with Gasteiger partial charge in [-0.2, -0.15) is 0 Å². The summed E-state index contributed by atoms with van der Waals surface area (Å²) in [6, 6.07) is 9.09. The molecule has 0 bridgehead atoms. The molecule has 0 spiro atoms. The van der Waals surface area contributed by atoms with Crippen molar-refractivity contribution in [3.8, 4) is 0 Å². The summed E-state index contributed by atoms with van der Waals surface area (Å²) in [7, 11) is 0. The van der Waals surface area contributed by atoms with E-state index in [0.717, 1.165) is 34.6 Å². The van der Waals surface area contributed by atoms with Gasteiger partial charge in [-0.15, -0.1) is 0 Å². The Morgan fingerprint density at radius 3 is 2.42 bits per heavy atom. The fraction of sp³-hybridized carbons (Fsp3) is 0.292. The molecule has 1 aliphatic heterocycles. The lowest BCUT2D eigenvalue weighted by Gasteiger charge is -2.32. The number of carbonyl (C=O) groups is 2. The first-order valence-electron chi connectivity index (χ1n) is 10.6. The van der Waals surface area contributed by atoms with E-state index < -0.39 is 23.0 Å². The maximum atomic E-state index is 14.0. The van der Waals surface area contributed by atoms with Crippen LogP contribution >= 0.6 is 11.3 Å². The van der Waals surface area contributed by atoms with Crippen LogP contribution in [0.25, 0.3) is 0 Å². The van der Waals surface area contributed by atoms with Gasteiger partial charge in [0.1, 0.15) is 22.3 Å². The van der Waals surface area contributed by atoms with Crippen molar-refractivity contribution in [3.63, 3.8) is 0 Å². The third-order valence-corrected chi connectivity index (χ3v) is 6.77. The minimum atomic E-state index is -0.942. The quantitative estimate of drug-likeness (QED) is 0.534. The minimum Gasteiger partial charge on any atom is -0.382 e. The van der Waals surface area contributed by atoms with E-state index in [-0.39, 0.29) is 22.6 Å². The number of likely N-dealkylation sites (tertiary alicyclic amines) is 1. The monoisotopic (exact) mass is 470 g/mol. The molecule has 0 atom stereocenters. The van der Waals surface area contributed by atoms with E-state index in [2.05, 4.69) is 10.3 Å². The number of nitrogens with one attached hydrogen (secondary N) is 1. The van der Waals surface area contributed by atoms with Crippen LogP contribution in [0.5, 0.6) is 0 Å². The molecule has 1 fully saturated rings. The molecule has 3 N–H and O–H groups in total. The second-order valence-electron chi connectivity index (χ2n) is 8.19. The summed E-state index contributed by atoms with van der Waals surface area (Å²) in [6.45, 7) is 5.09. The largest absolute Gasteiger partial charge is 0.382 e. The lowest BCUT2D eigenvalue weighted by Crippen LogP contribution is -2.42. The molecule has 1 aliphatic rings. The zero-order valence-corrected chi connectivity index (χ0v) is 19.1. The number of benzene rings is 2. The Labute approximate surface area is 194 Å². The average molecular weight is 471 g/mol. The molecular formula is C24H24F2N4O2S. The fourth-order valence-corrected chi connectivity index (χ4v) is 4.92. The number of ketones is 1. The molecule has 0 radical (unpaired) electrons. The smallest absolute Gasteiger partial charge is 0.254 e. The predicted molar refractivity (Wildman–Crippen MR) is 125 cm³/mol. The number of amides is 1. The molecule has 6 nitrogen and oxygen atoms in total. The Morgan fingerprint density at radius 1 is 1.12 bits per heavy atom. The van der Waals surface area contributed by atoms with E-state index in [1.54, 1.807) is 0 Å². The summed E-state index contributed by atoms with van der Waals surface area (Å²) in [6.07, 6.45) is 1.39. The topological polar surface area (TPSA) is 88.3 Å². The molecule has 0 unspecified atom stereocenters. The first-order chi connectivity index (χ1) is 15.7. The first-order valence-corrected chi connectivity index (χ1v) is 11.4. The normalized spacial score (nSPS) is 14.4. The number of rotatable bonds is 5. The highest BCUT2D eigenvalue weighted by atomic mass is 32.1. The Kier molecular flexibility index (Phi) is 6.42. The van der Waals surface area contributed by atoms with E-state index in [9.17, 15) is 18.4 Å². The number of hydrogen-bond donors (Lipinski definition) is 2. The molecule has 2 aromatic carbocycles. The Hall–Kier alpha value is -3.33. The number of carbonyl (C=O) groups excluding carboxylic acids is 2. The fourth-order valence-electron chi connectivity index (χ4n) is 4.01. The molecule has 9 heteroatoms. The Bertz CT molecular complexity index is 1200. The first kappa shape index (κ1) is 22.8. The Balaban J connectivity index is 1.40. The van der Waals surface area contributed by atoms with Gasteiger partial charge in [0, 0.05) is 24.7 Å². The van der Waals surface area contributed by atoms with E-state index >= 15 is 0 Å². The summed E-state index contributed by atoms with van der Waals surface area (Å²) in [5.74, 6) is -2.77. The highest BCUT2D eigenvalue weighted by Crippen LogP contribution is 2.30. The average Bonchev–Trinajstić information content (AvgIpc) is 3.13. The number of thiazole rings is 1. The number of aryl methyl sites for hydroxylation is 2. The van der Waals surface area contributed by atoms with Crippen molar-refractivity contribution >= 4 is 34.0 Å². The summed E-state index contributed by atoms with van der Waals surface area (Å²) in [5, 5.41) is 3.65. The summed E-state index contributed by atoms with van der Waals surface area (Å²) >= 11 is 0.970. The lowest BCUT2D eigenvalue weighted by atomic mass is 10.0. The third kappa shape index (κ3) is 4.73. The molecule has 1 aromatic heterocycles. The Morgan fingerprint density at radius 2 is 1.79 bits per heavy atom. The number of piperidine rings is 1. The molecule has 2 heterocycles. The van der Waals surface area contributed by atoms with Crippen molar-refractivity contribution in [2.45, 2.75) is 32.7 Å². The minimum absolute atomic E-state index is 0.0102. The van der Waals surface area contributed by atoms with Gasteiger partial charge in [-0.05, 0) is 50.5 Å². The number of aromatic nitrogens is 1. The van der Waals surface area contributed by atoms with Gasteiger partial charge in [-0.3, -0.25) is 9.59 Å². The molecule has 3 aromatic rings. The number of anilines is 2. The standard InChI is InChI=1S/C24H24F2N4O2S/c1-13-6-7-16(14(2)12-13)23(32)30-10-8-15(9-11-30)28-24-29-22(27)21(33-24)20(31)19-17(25)4-3-5-18(19)26/h3-7,12,15H,8-11,27H2,1-2H3,(H,28,29). The van der Waals surface area contributed by atoms with Crippen LogP contribution in [0.3, 0.4) is 0 Å². The molecule has 0 saturated carbocycles. The van der Waals surface area contributed by atoms with Crippen molar-refractivity contribution in [2.75, 3.05) is 24.1 Å². The highest BCUT2D eigenvalue weighted by Gasteiger charge is 2.27. The van der Waals surface area contributed by atoms with Crippen LogP contribution in [0.4, 0.5) is 19.7 Å². The zero-order chi connectivity index (χ0) is 23.7. The van der Waals surface area contributed by atoms with Crippen LogP contribution in [-0.4, -0.2) is 40.7 Å². The molecule has 33 heavy (non-hydrogen) atoms. The van der Waals surface area contributed by atoms with Gasteiger partial charge in [0.25, 0.3) is 5.91 Å². The number of halogens is 2. The van der Waals surface area contributed by atoms with Crippen molar-refractivity contribution < 1.29 is 18.4 Å². The summed E-state index contributed by atoms with van der Waals surface area (Å²) in [5.41, 5.74) is 8.02. The highest BCUT2D eigenvalue weighted by molar-refractivity contribution is 7.18. The van der Waals surface area contributed by atoms with Crippen LogP contribution in [0.2, 0.25) is 0 Å². The molecule has 1 saturated heterocycles. The van der Waals surface area contributed by atoms with Gasteiger partial charge in [0.05, 0.1) is 5.56 Å². The van der Waals surface area contributed by atoms with Crippen LogP contribution in [0, 0.1) is 25.5 Å². The zero-order valence-electron chi connectivity index (χ0n) is 18.3. The molecule has 4 rings (SSSR count). The maximum Gasteiger partial charge on any atom is 0.254 e. The van der Waals surface area contributed by atoms with Crippen LogP contribution in [0.15, 0.2) is 36.4 Å². The molecule has 172 valence electrons. The summed E-state index contributed by atoms with van der Waals surface area (Å²) in [4.78, 5) is 31.5.